The molecule has 0 atom stereocenters. The van der Waals surface area contributed by atoms with Crippen molar-refractivity contribution < 1.29 is 13.6 Å². The van der Waals surface area contributed by atoms with Crippen LogP contribution in [0.3, 0.4) is 0 Å². The summed E-state index contributed by atoms with van der Waals surface area (Å²) in [6.07, 6.45) is 9.66. The van der Waals surface area contributed by atoms with Gasteiger partial charge < -0.3 is 14.6 Å². The normalized spacial score (nSPS) is 16.7. The topological polar surface area (TPSA) is 58.4 Å². The van der Waals surface area contributed by atoms with Crippen molar-refractivity contribution in [3.8, 4) is 11.3 Å². The number of aryl methyl sites for hydroxylation is 1. The highest BCUT2D eigenvalue weighted by Crippen LogP contribution is 2.30. The van der Waals surface area contributed by atoms with Crippen molar-refractivity contribution in [1.29, 1.82) is 0 Å². The van der Waals surface area contributed by atoms with Crippen molar-refractivity contribution in [2.24, 2.45) is 0 Å². The first-order valence-corrected chi connectivity index (χ1v) is 10.1. The van der Waals surface area contributed by atoms with Gasteiger partial charge in [-0.2, -0.15) is 0 Å². The number of amides is 1. The van der Waals surface area contributed by atoms with E-state index < -0.39 is 0 Å². The van der Waals surface area contributed by atoms with Crippen LogP contribution in [0.1, 0.15) is 50.8 Å². The number of halogens is 1. The minimum Gasteiger partial charge on any atom is -0.441 e. The summed E-state index contributed by atoms with van der Waals surface area (Å²) in [7, 11) is 4.22. The highest BCUT2D eigenvalue weighted by atomic mass is 19.1. The van der Waals surface area contributed by atoms with E-state index in [4.69, 9.17) is 4.42 Å². The maximum Gasteiger partial charge on any atom is 0.220 e. The van der Waals surface area contributed by atoms with Crippen LogP contribution in [0.4, 0.5) is 4.39 Å². The van der Waals surface area contributed by atoms with Crippen molar-refractivity contribution in [2.45, 2.75) is 56.9 Å². The zero-order valence-electron chi connectivity index (χ0n) is 16.8. The SMILES string of the molecule is CN(C)C1(CNC(=O)CCc2ncc(-c3ccc(F)cc3)o2)CCCCCC1. The van der Waals surface area contributed by atoms with Crippen molar-refractivity contribution in [1.82, 2.24) is 15.2 Å². The van der Waals surface area contributed by atoms with Crippen LogP contribution in [-0.2, 0) is 11.2 Å². The lowest BCUT2D eigenvalue weighted by atomic mass is 9.88. The standard InChI is InChI=1S/C22H30FN3O2/c1-26(2)22(13-5-3-4-6-14-22)16-25-20(27)11-12-21-24-15-19(28-21)17-7-9-18(23)10-8-17/h7-10,15H,3-6,11-14,16H2,1-2H3,(H,25,27). The molecule has 0 saturated heterocycles. The fourth-order valence-electron chi connectivity index (χ4n) is 3.91. The van der Waals surface area contributed by atoms with Gasteiger partial charge >= 0.3 is 0 Å². The number of rotatable bonds is 7. The quantitative estimate of drug-likeness (QED) is 0.724. The van der Waals surface area contributed by atoms with Crippen molar-refractivity contribution >= 4 is 5.91 Å². The van der Waals surface area contributed by atoms with E-state index in [9.17, 15) is 9.18 Å². The molecule has 1 aliphatic rings. The molecule has 0 bridgehead atoms. The number of oxazole rings is 1. The number of hydrogen-bond donors (Lipinski definition) is 1. The maximum absolute atomic E-state index is 13.0. The molecule has 6 heteroatoms. The lowest BCUT2D eigenvalue weighted by Gasteiger charge is -2.39. The first-order chi connectivity index (χ1) is 13.5. The summed E-state index contributed by atoms with van der Waals surface area (Å²) >= 11 is 0. The van der Waals surface area contributed by atoms with Crippen molar-refractivity contribution in [2.75, 3.05) is 20.6 Å². The van der Waals surface area contributed by atoms with Gasteiger partial charge in [-0.25, -0.2) is 9.37 Å². The second-order valence-corrected chi connectivity index (χ2v) is 7.93. The third-order valence-corrected chi connectivity index (χ3v) is 5.85. The summed E-state index contributed by atoms with van der Waals surface area (Å²) < 4.78 is 18.7. The largest absolute Gasteiger partial charge is 0.441 e. The van der Waals surface area contributed by atoms with Crippen molar-refractivity contribution in [3.63, 3.8) is 0 Å². The number of likely N-dealkylation sites (N-methyl/N-ethyl adjacent to an activating group) is 1. The average Bonchev–Trinajstić information content (AvgIpc) is 3.02. The molecule has 1 aromatic heterocycles. The highest BCUT2D eigenvalue weighted by Gasteiger charge is 2.33. The predicted octanol–water partition coefficient (Wildman–Crippen LogP) is 4.18. The molecule has 1 fully saturated rings. The number of carbonyl (C=O) groups is 1. The summed E-state index contributed by atoms with van der Waals surface area (Å²) in [6.45, 7) is 0.686. The number of nitrogens with one attached hydrogen (secondary N) is 1. The Morgan fingerprint density at radius 1 is 1.18 bits per heavy atom. The molecule has 1 N–H and O–H groups in total. The molecular formula is C22H30FN3O2. The molecule has 2 aromatic rings. The minimum atomic E-state index is -0.288. The molecule has 0 aliphatic heterocycles. The molecule has 1 saturated carbocycles. The molecule has 1 heterocycles. The Labute approximate surface area is 166 Å². The Morgan fingerprint density at radius 2 is 1.86 bits per heavy atom. The van der Waals surface area contributed by atoms with Gasteiger partial charge in [-0.05, 0) is 51.2 Å². The van der Waals surface area contributed by atoms with Crippen LogP contribution in [0.2, 0.25) is 0 Å². The van der Waals surface area contributed by atoms with E-state index in [2.05, 4.69) is 29.3 Å². The maximum atomic E-state index is 13.0. The van der Waals surface area contributed by atoms with E-state index in [-0.39, 0.29) is 17.3 Å². The number of aromatic nitrogens is 1. The van der Waals surface area contributed by atoms with Crippen LogP contribution in [0, 0.1) is 5.82 Å². The molecule has 0 unspecified atom stereocenters. The zero-order chi connectivity index (χ0) is 20.0. The average molecular weight is 387 g/mol. The Bertz CT molecular complexity index is 762. The monoisotopic (exact) mass is 387 g/mol. The summed E-state index contributed by atoms with van der Waals surface area (Å²) in [5.74, 6) is 0.836. The smallest absolute Gasteiger partial charge is 0.220 e. The van der Waals surface area contributed by atoms with Gasteiger partial charge in [0.15, 0.2) is 11.7 Å². The second kappa shape index (κ2) is 9.32. The van der Waals surface area contributed by atoms with E-state index in [1.807, 2.05) is 0 Å². The van der Waals surface area contributed by atoms with Crippen LogP contribution in [0.25, 0.3) is 11.3 Å². The van der Waals surface area contributed by atoms with Crippen LogP contribution in [0.15, 0.2) is 34.9 Å². The van der Waals surface area contributed by atoms with E-state index in [0.717, 1.165) is 18.4 Å². The lowest BCUT2D eigenvalue weighted by Crippen LogP contribution is -2.52. The first kappa shape index (κ1) is 20.5. The predicted molar refractivity (Wildman–Crippen MR) is 107 cm³/mol. The molecule has 0 spiro atoms. The number of nitrogens with zero attached hydrogens (tertiary/aromatic N) is 2. The van der Waals surface area contributed by atoms with Crippen LogP contribution < -0.4 is 5.32 Å². The molecule has 152 valence electrons. The van der Waals surface area contributed by atoms with E-state index in [1.54, 1.807) is 18.3 Å². The zero-order valence-corrected chi connectivity index (χ0v) is 16.8. The molecule has 3 rings (SSSR count). The molecule has 1 aromatic carbocycles. The summed E-state index contributed by atoms with van der Waals surface area (Å²) in [5, 5.41) is 3.13. The molecule has 0 radical (unpaired) electrons. The number of hydrogen-bond acceptors (Lipinski definition) is 4. The van der Waals surface area contributed by atoms with Crippen LogP contribution in [0.5, 0.6) is 0 Å². The Kier molecular flexibility index (Phi) is 6.83. The fraction of sp³-hybridized carbons (Fsp3) is 0.545. The van der Waals surface area contributed by atoms with E-state index in [0.29, 0.717) is 31.0 Å². The van der Waals surface area contributed by atoms with Gasteiger partial charge in [-0.1, -0.05) is 25.7 Å². The first-order valence-electron chi connectivity index (χ1n) is 10.1. The minimum absolute atomic E-state index is 0.0204. The third-order valence-electron chi connectivity index (χ3n) is 5.85. The number of benzene rings is 1. The number of carbonyl (C=O) groups excluding carboxylic acids is 1. The van der Waals surface area contributed by atoms with Gasteiger partial charge in [0, 0.05) is 30.5 Å². The summed E-state index contributed by atoms with van der Waals surface area (Å²) in [4.78, 5) is 18.9. The van der Waals surface area contributed by atoms with Crippen LogP contribution in [-0.4, -0.2) is 42.0 Å². The molecule has 1 aliphatic carbocycles. The van der Waals surface area contributed by atoms with Crippen LogP contribution >= 0.6 is 0 Å². The highest BCUT2D eigenvalue weighted by molar-refractivity contribution is 5.76. The third kappa shape index (κ3) is 5.19. The summed E-state index contributed by atoms with van der Waals surface area (Å²) in [5.41, 5.74) is 0.830. The Balaban J connectivity index is 1.51. The molecular weight excluding hydrogens is 357 g/mol. The molecule has 5 nitrogen and oxygen atoms in total. The van der Waals surface area contributed by atoms with Gasteiger partial charge in [0.05, 0.1) is 6.20 Å². The van der Waals surface area contributed by atoms with Gasteiger partial charge in [0.2, 0.25) is 5.91 Å². The summed E-state index contributed by atoms with van der Waals surface area (Å²) in [6, 6.07) is 6.08. The fourth-order valence-corrected chi connectivity index (χ4v) is 3.91. The molecule has 28 heavy (non-hydrogen) atoms. The van der Waals surface area contributed by atoms with Gasteiger partial charge in [-0.3, -0.25) is 4.79 Å². The second-order valence-electron chi connectivity index (χ2n) is 7.93. The Morgan fingerprint density at radius 3 is 2.50 bits per heavy atom. The van der Waals surface area contributed by atoms with E-state index in [1.165, 1.54) is 37.8 Å². The van der Waals surface area contributed by atoms with Gasteiger partial charge in [-0.15, -0.1) is 0 Å². The van der Waals surface area contributed by atoms with Gasteiger partial charge in [0.1, 0.15) is 5.82 Å². The molecule has 1 amide bonds. The lowest BCUT2D eigenvalue weighted by molar-refractivity contribution is -0.121. The van der Waals surface area contributed by atoms with Gasteiger partial charge in [0.25, 0.3) is 0 Å². The Hall–Kier alpha value is -2.21. The van der Waals surface area contributed by atoms with Crippen molar-refractivity contribution in [3.05, 3.63) is 42.2 Å². The van der Waals surface area contributed by atoms with E-state index >= 15 is 0 Å².